The van der Waals surface area contributed by atoms with Crippen LogP contribution in [0.25, 0.3) is 0 Å². The van der Waals surface area contributed by atoms with Crippen LogP contribution in [0.15, 0.2) is 18.2 Å². The number of hydrogen-bond acceptors (Lipinski definition) is 3. The number of nitrogens with two attached hydrogens (primary N) is 1. The minimum absolute atomic E-state index is 0.0379. The van der Waals surface area contributed by atoms with E-state index in [4.69, 9.17) is 17.3 Å². The van der Waals surface area contributed by atoms with Crippen molar-refractivity contribution < 1.29 is 4.79 Å². The number of carbonyl (C=O) groups excluding carboxylic acids is 1. The second kappa shape index (κ2) is 6.67. The molecule has 1 fully saturated rings. The van der Waals surface area contributed by atoms with Crippen molar-refractivity contribution in [2.45, 2.75) is 33.1 Å². The first kappa shape index (κ1) is 16.1. The molecule has 0 atom stereocenters. The van der Waals surface area contributed by atoms with Gasteiger partial charge in [-0.3, -0.25) is 9.69 Å². The largest absolute Gasteiger partial charge is 0.397 e. The number of hydrogen-bond donors (Lipinski definition) is 2. The molecule has 1 aromatic carbocycles. The molecule has 1 heterocycles. The predicted octanol–water partition coefficient (Wildman–Crippen LogP) is 3.37. The second-order valence-corrected chi connectivity index (χ2v) is 6.66. The number of nitrogens with one attached hydrogen (secondary N) is 1. The van der Waals surface area contributed by atoms with E-state index < -0.39 is 0 Å². The van der Waals surface area contributed by atoms with Gasteiger partial charge in [-0.25, -0.2) is 0 Å². The third kappa shape index (κ3) is 4.35. The summed E-state index contributed by atoms with van der Waals surface area (Å²) in [5, 5.41) is 3.41. The van der Waals surface area contributed by atoms with Crippen LogP contribution in [0.3, 0.4) is 0 Å². The maximum absolute atomic E-state index is 12.1. The molecule has 21 heavy (non-hydrogen) atoms. The molecule has 2 rings (SSSR count). The highest BCUT2D eigenvalue weighted by molar-refractivity contribution is 6.31. The molecule has 116 valence electrons. The molecular weight excluding hydrogens is 286 g/mol. The zero-order valence-electron chi connectivity index (χ0n) is 12.8. The molecule has 1 aliphatic rings. The fourth-order valence-electron chi connectivity index (χ4n) is 2.63. The van der Waals surface area contributed by atoms with Crippen molar-refractivity contribution >= 4 is 28.9 Å². The highest BCUT2D eigenvalue weighted by atomic mass is 35.5. The fourth-order valence-corrected chi connectivity index (χ4v) is 2.81. The van der Waals surface area contributed by atoms with Crippen LogP contribution in [-0.2, 0) is 4.79 Å². The summed E-state index contributed by atoms with van der Waals surface area (Å²) < 4.78 is 0. The Balaban J connectivity index is 1.87. The molecule has 5 heteroatoms. The molecule has 0 aromatic heterocycles. The van der Waals surface area contributed by atoms with Crippen molar-refractivity contribution in [2.24, 2.45) is 5.41 Å². The van der Waals surface area contributed by atoms with Gasteiger partial charge in [-0.2, -0.15) is 0 Å². The molecule has 1 amide bonds. The van der Waals surface area contributed by atoms with E-state index in [1.165, 1.54) is 6.42 Å². The monoisotopic (exact) mass is 309 g/mol. The number of halogens is 1. The maximum Gasteiger partial charge on any atom is 0.238 e. The quantitative estimate of drug-likeness (QED) is 0.838. The number of amides is 1. The van der Waals surface area contributed by atoms with Crippen molar-refractivity contribution in [2.75, 3.05) is 30.7 Å². The van der Waals surface area contributed by atoms with Crippen LogP contribution in [0, 0.1) is 5.41 Å². The first-order valence-electron chi connectivity index (χ1n) is 7.49. The Morgan fingerprint density at radius 1 is 1.43 bits per heavy atom. The zero-order valence-corrected chi connectivity index (χ0v) is 13.5. The van der Waals surface area contributed by atoms with Gasteiger partial charge in [0.1, 0.15) is 0 Å². The van der Waals surface area contributed by atoms with Crippen molar-refractivity contribution in [1.82, 2.24) is 4.90 Å². The van der Waals surface area contributed by atoms with Gasteiger partial charge in [0.2, 0.25) is 5.91 Å². The zero-order chi connectivity index (χ0) is 15.5. The Labute approximate surface area is 131 Å². The first-order chi connectivity index (χ1) is 9.92. The second-order valence-electron chi connectivity index (χ2n) is 6.22. The van der Waals surface area contributed by atoms with Crippen LogP contribution < -0.4 is 11.1 Å². The fraction of sp³-hybridized carbons (Fsp3) is 0.562. The summed E-state index contributed by atoms with van der Waals surface area (Å²) >= 11 is 5.92. The average molecular weight is 310 g/mol. The van der Waals surface area contributed by atoms with Crippen LogP contribution in [0.2, 0.25) is 5.02 Å². The van der Waals surface area contributed by atoms with Crippen molar-refractivity contribution in [3.8, 4) is 0 Å². The number of piperidine rings is 1. The highest BCUT2D eigenvalue weighted by Crippen LogP contribution is 2.33. The normalized spacial score (nSPS) is 18.4. The number of likely N-dealkylation sites (tertiary alicyclic amines) is 1. The lowest BCUT2D eigenvalue weighted by Crippen LogP contribution is -2.42. The van der Waals surface area contributed by atoms with Crippen LogP contribution in [-0.4, -0.2) is 30.4 Å². The van der Waals surface area contributed by atoms with Gasteiger partial charge in [-0.05, 0) is 49.5 Å². The van der Waals surface area contributed by atoms with E-state index in [0.717, 1.165) is 25.9 Å². The molecular formula is C16H24ClN3O. The van der Waals surface area contributed by atoms with Gasteiger partial charge in [0.05, 0.1) is 17.9 Å². The number of anilines is 2. The van der Waals surface area contributed by atoms with E-state index in [0.29, 0.717) is 28.4 Å². The summed E-state index contributed by atoms with van der Waals surface area (Å²) in [6, 6.07) is 5.09. The SMILES string of the molecule is CCC1(C)CCN(CC(=O)Nc2cc(Cl)ccc2N)CC1. The molecule has 0 saturated carbocycles. The van der Waals surface area contributed by atoms with E-state index in [1.54, 1.807) is 18.2 Å². The van der Waals surface area contributed by atoms with Crippen LogP contribution in [0.5, 0.6) is 0 Å². The number of nitrogen functional groups attached to an aromatic ring is 1. The summed E-state index contributed by atoms with van der Waals surface area (Å²) in [6.45, 7) is 6.93. The predicted molar refractivity (Wildman–Crippen MR) is 88.6 cm³/mol. The molecule has 0 spiro atoms. The Morgan fingerprint density at radius 3 is 2.71 bits per heavy atom. The van der Waals surface area contributed by atoms with Crippen molar-refractivity contribution in [3.63, 3.8) is 0 Å². The molecule has 0 bridgehead atoms. The molecule has 1 aromatic rings. The summed E-state index contributed by atoms with van der Waals surface area (Å²) in [5.41, 5.74) is 7.39. The lowest BCUT2D eigenvalue weighted by molar-refractivity contribution is -0.117. The van der Waals surface area contributed by atoms with Gasteiger partial charge >= 0.3 is 0 Å². The number of rotatable bonds is 4. The number of carbonyl (C=O) groups is 1. The van der Waals surface area contributed by atoms with E-state index in [-0.39, 0.29) is 5.91 Å². The summed E-state index contributed by atoms with van der Waals surface area (Å²) in [6.07, 6.45) is 3.50. The van der Waals surface area contributed by atoms with Crippen LogP contribution in [0.4, 0.5) is 11.4 Å². The van der Waals surface area contributed by atoms with E-state index in [2.05, 4.69) is 24.1 Å². The van der Waals surface area contributed by atoms with Gasteiger partial charge in [0.25, 0.3) is 0 Å². The summed E-state index contributed by atoms with van der Waals surface area (Å²) in [7, 11) is 0. The van der Waals surface area contributed by atoms with E-state index >= 15 is 0 Å². The molecule has 3 N–H and O–H groups in total. The minimum atomic E-state index is -0.0379. The number of nitrogens with zero attached hydrogens (tertiary/aromatic N) is 1. The summed E-state index contributed by atoms with van der Waals surface area (Å²) in [4.78, 5) is 14.3. The number of benzene rings is 1. The van der Waals surface area contributed by atoms with Crippen LogP contribution >= 0.6 is 11.6 Å². The lowest BCUT2D eigenvalue weighted by Gasteiger charge is -2.38. The standard InChI is InChI=1S/C16H24ClN3O/c1-3-16(2)6-8-20(9-7-16)11-15(21)19-14-10-12(17)4-5-13(14)18/h4-5,10H,3,6-9,11,18H2,1-2H3,(H,19,21). The van der Waals surface area contributed by atoms with Gasteiger partial charge < -0.3 is 11.1 Å². The Bertz CT molecular complexity index is 510. The molecule has 1 aliphatic heterocycles. The third-order valence-corrected chi connectivity index (χ3v) is 4.81. The Morgan fingerprint density at radius 2 is 2.10 bits per heavy atom. The third-order valence-electron chi connectivity index (χ3n) is 4.57. The Hall–Kier alpha value is -1.26. The van der Waals surface area contributed by atoms with Crippen molar-refractivity contribution in [1.29, 1.82) is 0 Å². The van der Waals surface area contributed by atoms with E-state index in [9.17, 15) is 4.79 Å². The molecule has 4 nitrogen and oxygen atoms in total. The van der Waals surface area contributed by atoms with Gasteiger partial charge in [-0.15, -0.1) is 0 Å². The maximum atomic E-state index is 12.1. The molecule has 1 saturated heterocycles. The van der Waals surface area contributed by atoms with Crippen molar-refractivity contribution in [3.05, 3.63) is 23.2 Å². The topological polar surface area (TPSA) is 58.4 Å². The van der Waals surface area contributed by atoms with Gasteiger partial charge in [0, 0.05) is 5.02 Å². The van der Waals surface area contributed by atoms with Crippen LogP contribution in [0.1, 0.15) is 33.1 Å². The van der Waals surface area contributed by atoms with Gasteiger partial charge in [-0.1, -0.05) is 31.9 Å². The first-order valence-corrected chi connectivity index (χ1v) is 7.87. The lowest BCUT2D eigenvalue weighted by atomic mass is 9.78. The minimum Gasteiger partial charge on any atom is -0.397 e. The van der Waals surface area contributed by atoms with E-state index in [1.807, 2.05) is 0 Å². The summed E-state index contributed by atoms with van der Waals surface area (Å²) in [5.74, 6) is -0.0379. The van der Waals surface area contributed by atoms with Gasteiger partial charge in [0.15, 0.2) is 0 Å². The molecule has 0 unspecified atom stereocenters. The Kier molecular flexibility index (Phi) is 5.12. The smallest absolute Gasteiger partial charge is 0.238 e. The average Bonchev–Trinajstić information content (AvgIpc) is 2.46. The highest BCUT2D eigenvalue weighted by Gasteiger charge is 2.28. The molecule has 0 aliphatic carbocycles. The molecule has 0 radical (unpaired) electrons.